The van der Waals surface area contributed by atoms with Crippen molar-refractivity contribution in [1.29, 1.82) is 0 Å². The summed E-state index contributed by atoms with van der Waals surface area (Å²) in [5, 5.41) is 4.26. The van der Waals surface area contributed by atoms with E-state index in [2.05, 4.69) is 27.2 Å². The van der Waals surface area contributed by atoms with Crippen molar-refractivity contribution in [2.75, 3.05) is 19.6 Å². The fourth-order valence-corrected chi connectivity index (χ4v) is 4.58. The molecule has 5 rings (SSSR count). The van der Waals surface area contributed by atoms with Crippen LogP contribution in [0.25, 0.3) is 5.78 Å². The van der Waals surface area contributed by atoms with Gasteiger partial charge in [0.25, 0.3) is 11.7 Å². The number of fused-ring (bicyclic) bond motifs is 2. The number of likely N-dealkylation sites (tertiary alicyclic amines) is 2. The maximum atomic E-state index is 13.0. The standard InChI is InChI=1S/C20H20N6O2/c1-13(27)25-11-15-10-24(12-16(15)17(25)14-6-3-2-4-7-14)19(28)18-22-20-21-8-5-9-26(20)23-18/h2-9,15-17H,10-12H2,1H3/t15-,16-,17+/m1/s1. The van der Waals surface area contributed by atoms with Crippen LogP contribution in [0.2, 0.25) is 0 Å². The molecule has 142 valence electrons. The van der Waals surface area contributed by atoms with E-state index in [4.69, 9.17) is 0 Å². The Kier molecular flexibility index (Phi) is 3.85. The Hall–Kier alpha value is -3.29. The molecule has 3 atom stereocenters. The normalized spacial score (nSPS) is 24.0. The fraction of sp³-hybridized carbons (Fsp3) is 0.350. The summed E-state index contributed by atoms with van der Waals surface area (Å²) in [6.07, 6.45) is 3.35. The first-order valence-corrected chi connectivity index (χ1v) is 9.40. The highest BCUT2D eigenvalue weighted by molar-refractivity contribution is 5.91. The largest absolute Gasteiger partial charge is 0.335 e. The van der Waals surface area contributed by atoms with Gasteiger partial charge in [-0.3, -0.25) is 9.59 Å². The van der Waals surface area contributed by atoms with Gasteiger partial charge in [-0.25, -0.2) is 9.50 Å². The molecular formula is C20H20N6O2. The zero-order valence-electron chi connectivity index (χ0n) is 15.5. The molecule has 2 fully saturated rings. The van der Waals surface area contributed by atoms with Gasteiger partial charge in [-0.2, -0.15) is 4.98 Å². The molecule has 0 aliphatic carbocycles. The molecule has 2 aliphatic rings. The van der Waals surface area contributed by atoms with Gasteiger partial charge < -0.3 is 9.80 Å². The highest BCUT2D eigenvalue weighted by atomic mass is 16.2. The molecule has 4 heterocycles. The predicted octanol–water partition coefficient (Wildman–Crippen LogP) is 1.42. The summed E-state index contributed by atoms with van der Waals surface area (Å²) in [6.45, 7) is 3.49. The minimum atomic E-state index is -0.180. The van der Waals surface area contributed by atoms with Crippen molar-refractivity contribution in [3.05, 3.63) is 60.2 Å². The van der Waals surface area contributed by atoms with Gasteiger partial charge in [0.05, 0.1) is 6.04 Å². The number of benzene rings is 1. The Labute approximate surface area is 161 Å². The van der Waals surface area contributed by atoms with E-state index in [0.29, 0.717) is 25.4 Å². The Bertz CT molecular complexity index is 1020. The second-order valence-electron chi connectivity index (χ2n) is 7.46. The second kappa shape index (κ2) is 6.40. The van der Waals surface area contributed by atoms with E-state index in [9.17, 15) is 9.59 Å². The molecule has 2 aromatic heterocycles. The van der Waals surface area contributed by atoms with Crippen LogP contribution in [-0.4, -0.2) is 60.8 Å². The van der Waals surface area contributed by atoms with Gasteiger partial charge in [-0.15, -0.1) is 5.10 Å². The van der Waals surface area contributed by atoms with Crippen molar-refractivity contribution in [1.82, 2.24) is 29.4 Å². The molecule has 0 radical (unpaired) electrons. The zero-order valence-corrected chi connectivity index (χ0v) is 15.5. The average Bonchev–Trinajstić information content (AvgIpc) is 3.39. The first-order chi connectivity index (χ1) is 13.6. The number of hydrogen-bond acceptors (Lipinski definition) is 5. The Balaban J connectivity index is 1.41. The molecule has 8 nitrogen and oxygen atoms in total. The predicted molar refractivity (Wildman–Crippen MR) is 100 cm³/mol. The maximum Gasteiger partial charge on any atom is 0.293 e. The molecule has 0 saturated carbocycles. The summed E-state index contributed by atoms with van der Waals surface area (Å²) in [5.74, 6) is 0.947. The lowest BCUT2D eigenvalue weighted by Gasteiger charge is -2.29. The van der Waals surface area contributed by atoms with Crippen LogP contribution in [0.5, 0.6) is 0 Å². The summed E-state index contributed by atoms with van der Waals surface area (Å²) >= 11 is 0. The highest BCUT2D eigenvalue weighted by Gasteiger charge is 2.49. The van der Waals surface area contributed by atoms with Crippen molar-refractivity contribution in [2.45, 2.75) is 13.0 Å². The molecular weight excluding hydrogens is 356 g/mol. The number of aromatic nitrogens is 4. The topological polar surface area (TPSA) is 83.7 Å². The number of carbonyl (C=O) groups excluding carboxylic acids is 2. The van der Waals surface area contributed by atoms with Gasteiger partial charge in [0.2, 0.25) is 11.7 Å². The first kappa shape index (κ1) is 16.9. The van der Waals surface area contributed by atoms with Crippen molar-refractivity contribution in [3.8, 4) is 0 Å². The third-order valence-electron chi connectivity index (χ3n) is 5.80. The molecule has 1 aromatic carbocycles. The molecule has 0 unspecified atom stereocenters. The fourth-order valence-electron chi connectivity index (χ4n) is 4.58. The molecule has 8 heteroatoms. The number of rotatable bonds is 2. The molecule has 0 N–H and O–H groups in total. The third kappa shape index (κ3) is 2.64. The molecule has 2 amide bonds. The lowest BCUT2D eigenvalue weighted by molar-refractivity contribution is -0.130. The molecule has 0 spiro atoms. The van der Waals surface area contributed by atoms with Crippen LogP contribution in [0.3, 0.4) is 0 Å². The highest BCUT2D eigenvalue weighted by Crippen LogP contribution is 2.45. The molecule has 0 bridgehead atoms. The Morgan fingerprint density at radius 2 is 1.89 bits per heavy atom. The Morgan fingerprint density at radius 1 is 1.07 bits per heavy atom. The van der Waals surface area contributed by atoms with E-state index in [-0.39, 0.29) is 35.5 Å². The van der Waals surface area contributed by atoms with E-state index < -0.39 is 0 Å². The number of amides is 2. The van der Waals surface area contributed by atoms with E-state index in [1.165, 1.54) is 4.52 Å². The molecule has 3 aromatic rings. The van der Waals surface area contributed by atoms with Gasteiger partial charge >= 0.3 is 0 Å². The second-order valence-corrected chi connectivity index (χ2v) is 7.46. The number of hydrogen-bond donors (Lipinski definition) is 0. The summed E-state index contributed by atoms with van der Waals surface area (Å²) < 4.78 is 1.51. The van der Waals surface area contributed by atoms with Crippen molar-refractivity contribution in [3.63, 3.8) is 0 Å². The summed E-state index contributed by atoms with van der Waals surface area (Å²) in [7, 11) is 0. The quantitative estimate of drug-likeness (QED) is 0.675. The summed E-state index contributed by atoms with van der Waals surface area (Å²) in [6, 6.07) is 11.8. The van der Waals surface area contributed by atoms with Crippen LogP contribution in [0.1, 0.15) is 29.1 Å². The molecule has 2 aliphatic heterocycles. The smallest absolute Gasteiger partial charge is 0.293 e. The molecule has 2 saturated heterocycles. The van der Waals surface area contributed by atoms with Crippen molar-refractivity contribution >= 4 is 17.6 Å². The van der Waals surface area contributed by atoms with Crippen LogP contribution in [-0.2, 0) is 4.79 Å². The van der Waals surface area contributed by atoms with Gasteiger partial charge in [0, 0.05) is 50.8 Å². The van der Waals surface area contributed by atoms with Crippen molar-refractivity contribution < 1.29 is 9.59 Å². The zero-order chi connectivity index (χ0) is 19.3. The van der Waals surface area contributed by atoms with E-state index in [0.717, 1.165) is 5.56 Å². The first-order valence-electron chi connectivity index (χ1n) is 9.40. The molecule has 28 heavy (non-hydrogen) atoms. The average molecular weight is 376 g/mol. The summed E-state index contributed by atoms with van der Waals surface area (Å²) in [5.41, 5.74) is 1.12. The monoisotopic (exact) mass is 376 g/mol. The minimum absolute atomic E-state index is 0.00260. The van der Waals surface area contributed by atoms with Gasteiger partial charge in [0.15, 0.2) is 0 Å². The van der Waals surface area contributed by atoms with Crippen LogP contribution in [0.4, 0.5) is 0 Å². The van der Waals surface area contributed by atoms with Crippen LogP contribution >= 0.6 is 0 Å². The summed E-state index contributed by atoms with van der Waals surface area (Å²) in [4.78, 5) is 37.3. The minimum Gasteiger partial charge on any atom is -0.335 e. The van der Waals surface area contributed by atoms with Gasteiger partial charge in [0.1, 0.15) is 0 Å². The van der Waals surface area contributed by atoms with Gasteiger partial charge in [-0.05, 0) is 11.6 Å². The lowest BCUT2D eigenvalue weighted by atomic mass is 9.89. The Morgan fingerprint density at radius 3 is 2.64 bits per heavy atom. The van der Waals surface area contributed by atoms with Crippen LogP contribution in [0.15, 0.2) is 48.8 Å². The van der Waals surface area contributed by atoms with Crippen molar-refractivity contribution in [2.24, 2.45) is 11.8 Å². The number of nitrogens with zero attached hydrogens (tertiary/aromatic N) is 6. The third-order valence-corrected chi connectivity index (χ3v) is 5.80. The van der Waals surface area contributed by atoms with Crippen LogP contribution in [0, 0.1) is 11.8 Å². The van der Waals surface area contributed by atoms with E-state index in [1.54, 1.807) is 25.4 Å². The lowest BCUT2D eigenvalue weighted by Crippen LogP contribution is -2.36. The van der Waals surface area contributed by atoms with E-state index >= 15 is 0 Å². The van der Waals surface area contributed by atoms with Gasteiger partial charge in [-0.1, -0.05) is 30.3 Å². The maximum absolute atomic E-state index is 13.0. The number of carbonyl (C=O) groups is 2. The van der Waals surface area contributed by atoms with E-state index in [1.807, 2.05) is 28.0 Å². The van der Waals surface area contributed by atoms with Crippen LogP contribution < -0.4 is 0 Å². The SMILES string of the molecule is CC(=O)N1C[C@H]2CN(C(=O)c3nc4ncccn4n3)C[C@H]2[C@@H]1c1ccccc1.